The van der Waals surface area contributed by atoms with Crippen molar-refractivity contribution in [2.45, 2.75) is 45.1 Å². The van der Waals surface area contributed by atoms with Crippen molar-refractivity contribution >= 4 is 0 Å². The molecule has 1 unspecified atom stereocenters. The van der Waals surface area contributed by atoms with Crippen LogP contribution in [0, 0.1) is 11.3 Å². The molecule has 2 aliphatic rings. The number of hydrogen-bond acceptors (Lipinski definition) is 2. The van der Waals surface area contributed by atoms with Crippen molar-refractivity contribution in [1.29, 1.82) is 0 Å². The summed E-state index contributed by atoms with van der Waals surface area (Å²) in [4.78, 5) is 0. The molecule has 2 heteroatoms. The highest BCUT2D eigenvalue weighted by molar-refractivity contribution is 4.89. The second kappa shape index (κ2) is 3.58. The minimum atomic E-state index is 0.216. The molecule has 0 aromatic heterocycles. The van der Waals surface area contributed by atoms with E-state index in [4.69, 9.17) is 4.74 Å². The normalized spacial score (nSPS) is 44.8. The average molecular weight is 184 g/mol. The Kier molecular flexibility index (Phi) is 2.61. The van der Waals surface area contributed by atoms with Crippen molar-refractivity contribution in [3.05, 3.63) is 0 Å². The minimum Gasteiger partial charge on any atom is -0.396 e. The van der Waals surface area contributed by atoms with Crippen molar-refractivity contribution in [3.8, 4) is 0 Å². The van der Waals surface area contributed by atoms with Gasteiger partial charge in [-0.15, -0.1) is 0 Å². The number of rotatable bonds is 3. The van der Waals surface area contributed by atoms with E-state index in [2.05, 4.69) is 6.92 Å². The maximum absolute atomic E-state index is 9.45. The molecule has 76 valence electrons. The van der Waals surface area contributed by atoms with Gasteiger partial charge in [-0.1, -0.05) is 19.8 Å². The Hall–Kier alpha value is -0.0800. The second-order valence-electron chi connectivity index (χ2n) is 5.00. The highest BCUT2D eigenvalue weighted by Crippen LogP contribution is 2.43. The number of hydrogen-bond donors (Lipinski definition) is 1. The Morgan fingerprint density at radius 2 is 2.00 bits per heavy atom. The van der Waals surface area contributed by atoms with Crippen LogP contribution in [0.15, 0.2) is 0 Å². The zero-order valence-corrected chi connectivity index (χ0v) is 8.46. The van der Waals surface area contributed by atoms with Crippen LogP contribution in [-0.2, 0) is 4.74 Å². The van der Waals surface area contributed by atoms with Crippen LogP contribution in [-0.4, -0.2) is 24.4 Å². The summed E-state index contributed by atoms with van der Waals surface area (Å²) in [5, 5.41) is 9.45. The predicted octanol–water partition coefficient (Wildman–Crippen LogP) is 1.96. The summed E-state index contributed by atoms with van der Waals surface area (Å²) in [5.41, 5.74) is 0.216. The van der Waals surface area contributed by atoms with Gasteiger partial charge >= 0.3 is 0 Å². The monoisotopic (exact) mass is 184 g/mol. The van der Waals surface area contributed by atoms with Gasteiger partial charge in [0.1, 0.15) is 0 Å². The first-order valence-corrected chi connectivity index (χ1v) is 5.47. The minimum absolute atomic E-state index is 0.216. The van der Waals surface area contributed by atoms with Gasteiger partial charge in [-0.25, -0.2) is 0 Å². The summed E-state index contributed by atoms with van der Waals surface area (Å²) < 4.78 is 5.25. The quantitative estimate of drug-likeness (QED) is 0.680. The molecule has 1 N–H and O–H groups in total. The molecule has 0 amide bonds. The summed E-state index contributed by atoms with van der Waals surface area (Å²) in [6.45, 7) is 3.60. The molecule has 1 aliphatic heterocycles. The third kappa shape index (κ3) is 2.23. The Morgan fingerprint density at radius 1 is 1.38 bits per heavy atom. The van der Waals surface area contributed by atoms with E-state index in [1.165, 1.54) is 25.7 Å². The van der Waals surface area contributed by atoms with Gasteiger partial charge in [0.25, 0.3) is 0 Å². The van der Waals surface area contributed by atoms with Crippen molar-refractivity contribution in [2.75, 3.05) is 13.2 Å². The molecule has 0 aromatic rings. The summed E-state index contributed by atoms with van der Waals surface area (Å²) in [6.07, 6.45) is 6.53. The molecule has 1 heterocycles. The average Bonchev–Trinajstić information content (AvgIpc) is 2.94. The highest BCUT2D eigenvalue weighted by Gasteiger charge is 2.39. The van der Waals surface area contributed by atoms with E-state index in [0.29, 0.717) is 12.7 Å². The van der Waals surface area contributed by atoms with E-state index in [-0.39, 0.29) is 5.41 Å². The first-order valence-electron chi connectivity index (χ1n) is 5.47. The molecule has 0 aromatic carbocycles. The SMILES string of the molecule is CC1CCC(CO)(CC2CO2)CC1. The van der Waals surface area contributed by atoms with E-state index in [9.17, 15) is 5.11 Å². The lowest BCUT2D eigenvalue weighted by Gasteiger charge is -2.37. The van der Waals surface area contributed by atoms with Crippen molar-refractivity contribution in [2.24, 2.45) is 11.3 Å². The van der Waals surface area contributed by atoms with Gasteiger partial charge in [0, 0.05) is 6.61 Å². The van der Waals surface area contributed by atoms with Crippen LogP contribution in [0.5, 0.6) is 0 Å². The van der Waals surface area contributed by atoms with Crippen molar-refractivity contribution < 1.29 is 9.84 Å². The largest absolute Gasteiger partial charge is 0.396 e. The Morgan fingerprint density at radius 3 is 2.46 bits per heavy atom. The molecule has 2 nitrogen and oxygen atoms in total. The standard InChI is InChI=1S/C11H20O2/c1-9-2-4-11(8-12,5-3-9)6-10-7-13-10/h9-10,12H,2-8H2,1H3. The first-order chi connectivity index (χ1) is 6.24. The van der Waals surface area contributed by atoms with Crippen molar-refractivity contribution in [3.63, 3.8) is 0 Å². The Balaban J connectivity index is 1.89. The fourth-order valence-electron chi connectivity index (χ4n) is 2.47. The van der Waals surface area contributed by atoms with Gasteiger partial charge in [0.2, 0.25) is 0 Å². The molecular formula is C11H20O2. The Bertz CT molecular complexity index is 167. The van der Waals surface area contributed by atoms with E-state index >= 15 is 0 Å². The molecule has 2 rings (SSSR count). The van der Waals surface area contributed by atoms with E-state index in [1.54, 1.807) is 0 Å². The van der Waals surface area contributed by atoms with Crippen molar-refractivity contribution in [1.82, 2.24) is 0 Å². The maximum atomic E-state index is 9.45. The van der Waals surface area contributed by atoms with E-state index in [0.717, 1.165) is 18.9 Å². The lowest BCUT2D eigenvalue weighted by atomic mass is 9.69. The fraction of sp³-hybridized carbons (Fsp3) is 1.00. The van der Waals surface area contributed by atoms with Crippen LogP contribution in [0.1, 0.15) is 39.0 Å². The lowest BCUT2D eigenvalue weighted by molar-refractivity contribution is 0.0516. The van der Waals surface area contributed by atoms with Gasteiger partial charge in [-0.3, -0.25) is 0 Å². The van der Waals surface area contributed by atoms with Crippen LogP contribution in [0.2, 0.25) is 0 Å². The zero-order chi connectivity index (χ0) is 9.31. The number of epoxide rings is 1. The number of ether oxygens (including phenoxy) is 1. The first kappa shape index (κ1) is 9.47. The topological polar surface area (TPSA) is 32.8 Å². The van der Waals surface area contributed by atoms with Crippen LogP contribution in [0.4, 0.5) is 0 Å². The molecule has 0 spiro atoms. The summed E-state index contributed by atoms with van der Waals surface area (Å²) >= 11 is 0. The molecule has 2 fully saturated rings. The zero-order valence-electron chi connectivity index (χ0n) is 8.46. The Labute approximate surface area is 80.3 Å². The molecule has 1 saturated carbocycles. The molecule has 1 saturated heterocycles. The van der Waals surface area contributed by atoms with Gasteiger partial charge in [0.05, 0.1) is 12.7 Å². The van der Waals surface area contributed by atoms with Gasteiger partial charge < -0.3 is 9.84 Å². The molecule has 0 bridgehead atoms. The maximum Gasteiger partial charge on any atom is 0.0816 e. The van der Waals surface area contributed by atoms with E-state index in [1.807, 2.05) is 0 Å². The highest BCUT2D eigenvalue weighted by atomic mass is 16.6. The summed E-state index contributed by atoms with van der Waals surface area (Å²) in [5.74, 6) is 0.861. The number of aliphatic hydroxyl groups excluding tert-OH is 1. The van der Waals surface area contributed by atoms with Crippen LogP contribution < -0.4 is 0 Å². The number of aliphatic hydroxyl groups is 1. The molecule has 0 radical (unpaired) electrons. The molecule has 13 heavy (non-hydrogen) atoms. The predicted molar refractivity (Wildman–Crippen MR) is 51.5 cm³/mol. The molecular weight excluding hydrogens is 164 g/mol. The van der Waals surface area contributed by atoms with Crippen LogP contribution in [0.3, 0.4) is 0 Å². The van der Waals surface area contributed by atoms with Crippen LogP contribution >= 0.6 is 0 Å². The second-order valence-corrected chi connectivity index (χ2v) is 5.00. The summed E-state index contributed by atoms with van der Waals surface area (Å²) in [6, 6.07) is 0. The van der Waals surface area contributed by atoms with Crippen LogP contribution in [0.25, 0.3) is 0 Å². The lowest BCUT2D eigenvalue weighted by Crippen LogP contribution is -2.32. The fourth-order valence-corrected chi connectivity index (χ4v) is 2.47. The van der Waals surface area contributed by atoms with Gasteiger partial charge in [-0.05, 0) is 30.6 Å². The molecule has 1 aliphatic carbocycles. The van der Waals surface area contributed by atoms with Gasteiger partial charge in [0.15, 0.2) is 0 Å². The smallest absolute Gasteiger partial charge is 0.0816 e. The van der Waals surface area contributed by atoms with Gasteiger partial charge in [-0.2, -0.15) is 0 Å². The molecule has 1 atom stereocenters. The summed E-state index contributed by atoms with van der Waals surface area (Å²) in [7, 11) is 0. The third-order valence-electron chi connectivity index (χ3n) is 3.73. The van der Waals surface area contributed by atoms with E-state index < -0.39 is 0 Å². The third-order valence-corrected chi connectivity index (χ3v) is 3.73.